The highest BCUT2D eigenvalue weighted by Crippen LogP contribution is 2.30. The summed E-state index contributed by atoms with van der Waals surface area (Å²) >= 11 is 3.39. The van der Waals surface area contributed by atoms with E-state index in [0.29, 0.717) is 11.3 Å². The van der Waals surface area contributed by atoms with Crippen molar-refractivity contribution in [2.45, 2.75) is 38.3 Å². The van der Waals surface area contributed by atoms with Crippen molar-refractivity contribution in [1.29, 1.82) is 0 Å². The number of aromatic carboxylic acids is 1. The molecule has 1 saturated heterocycles. The van der Waals surface area contributed by atoms with Crippen LogP contribution in [0, 0.1) is 0 Å². The van der Waals surface area contributed by atoms with Crippen molar-refractivity contribution in [2.75, 3.05) is 0 Å². The van der Waals surface area contributed by atoms with Gasteiger partial charge in [0.05, 0.1) is 5.56 Å². The van der Waals surface area contributed by atoms with E-state index in [0.717, 1.165) is 40.6 Å². The molecule has 2 aliphatic rings. The molecule has 1 saturated carbocycles. The number of carbonyl (C=O) groups is 4. The maximum Gasteiger partial charge on any atom is 0.335 e. The van der Waals surface area contributed by atoms with E-state index < -0.39 is 23.8 Å². The molecule has 0 unspecified atom stereocenters. The zero-order chi connectivity index (χ0) is 23.5. The zero-order valence-corrected chi connectivity index (χ0v) is 19.1. The number of imide groups is 2. The van der Waals surface area contributed by atoms with E-state index >= 15 is 0 Å². The van der Waals surface area contributed by atoms with Gasteiger partial charge in [-0.2, -0.15) is 0 Å². The first kappa shape index (κ1) is 22.7. The van der Waals surface area contributed by atoms with Gasteiger partial charge in [0, 0.05) is 16.1 Å². The molecule has 0 atom stereocenters. The van der Waals surface area contributed by atoms with Gasteiger partial charge in [-0.15, -0.1) is 0 Å². The minimum atomic E-state index is -1.01. The van der Waals surface area contributed by atoms with Crippen molar-refractivity contribution in [2.24, 2.45) is 0 Å². The predicted octanol–water partition coefficient (Wildman–Crippen LogP) is 4.13. The van der Waals surface area contributed by atoms with Crippen molar-refractivity contribution in [3.63, 3.8) is 0 Å². The summed E-state index contributed by atoms with van der Waals surface area (Å²) in [6.45, 7) is 0.157. The summed E-state index contributed by atoms with van der Waals surface area (Å²) in [7, 11) is 0. The van der Waals surface area contributed by atoms with Gasteiger partial charge in [0.1, 0.15) is 17.9 Å². The summed E-state index contributed by atoms with van der Waals surface area (Å²) in [5.74, 6) is -1.93. The summed E-state index contributed by atoms with van der Waals surface area (Å²) in [5, 5.41) is 11.3. The molecule has 33 heavy (non-hydrogen) atoms. The minimum absolute atomic E-state index is 0.129. The number of urea groups is 1. The first-order valence-corrected chi connectivity index (χ1v) is 11.3. The summed E-state index contributed by atoms with van der Waals surface area (Å²) < 4.78 is 6.62. The second-order valence-corrected chi connectivity index (χ2v) is 8.82. The van der Waals surface area contributed by atoms with Crippen molar-refractivity contribution >= 4 is 45.8 Å². The fourth-order valence-corrected chi connectivity index (χ4v) is 4.37. The normalized spacial score (nSPS) is 18.0. The molecule has 9 heteroatoms. The Morgan fingerprint density at radius 3 is 2.48 bits per heavy atom. The number of ether oxygens (including phenoxy) is 1. The number of amides is 4. The molecule has 0 aromatic heterocycles. The Morgan fingerprint density at radius 1 is 1.12 bits per heavy atom. The quantitative estimate of drug-likeness (QED) is 0.444. The second kappa shape index (κ2) is 9.58. The molecule has 2 fully saturated rings. The van der Waals surface area contributed by atoms with Crippen LogP contribution in [0.3, 0.4) is 0 Å². The number of benzene rings is 2. The monoisotopic (exact) mass is 512 g/mol. The van der Waals surface area contributed by atoms with Crippen LogP contribution in [0.1, 0.15) is 47.2 Å². The van der Waals surface area contributed by atoms with Gasteiger partial charge in [-0.05, 0) is 54.8 Å². The third-order valence-corrected chi connectivity index (χ3v) is 6.18. The number of nitrogens with one attached hydrogen (secondary N) is 1. The van der Waals surface area contributed by atoms with E-state index in [1.807, 2.05) is 0 Å². The van der Waals surface area contributed by atoms with Crippen LogP contribution in [0.4, 0.5) is 4.79 Å². The van der Waals surface area contributed by atoms with E-state index in [1.165, 1.54) is 18.2 Å². The molecular weight excluding hydrogens is 492 g/mol. The minimum Gasteiger partial charge on any atom is -0.488 e. The number of hydrogen-bond acceptors (Lipinski definition) is 5. The molecule has 1 aliphatic heterocycles. The molecule has 1 heterocycles. The van der Waals surface area contributed by atoms with Gasteiger partial charge >= 0.3 is 12.0 Å². The van der Waals surface area contributed by atoms with Crippen molar-refractivity contribution in [1.82, 2.24) is 10.2 Å². The Balaban J connectivity index is 1.59. The molecular formula is C24H21BrN2O6. The van der Waals surface area contributed by atoms with Gasteiger partial charge < -0.3 is 9.84 Å². The summed E-state index contributed by atoms with van der Waals surface area (Å²) in [6.07, 6.45) is 4.76. The van der Waals surface area contributed by atoms with Crippen LogP contribution < -0.4 is 10.1 Å². The third-order valence-electron chi connectivity index (χ3n) is 5.69. The number of nitrogens with zero attached hydrogens (tertiary/aromatic N) is 1. The van der Waals surface area contributed by atoms with E-state index in [9.17, 15) is 19.2 Å². The number of barbiturate groups is 1. The average Bonchev–Trinajstić information content (AvgIpc) is 3.30. The molecule has 0 spiro atoms. The maximum absolute atomic E-state index is 13.1. The van der Waals surface area contributed by atoms with Gasteiger partial charge in [-0.3, -0.25) is 19.8 Å². The lowest BCUT2D eigenvalue weighted by molar-refractivity contribution is -0.131. The lowest BCUT2D eigenvalue weighted by Crippen LogP contribution is -2.57. The topological polar surface area (TPSA) is 113 Å². The largest absolute Gasteiger partial charge is 0.488 e. The average molecular weight is 513 g/mol. The Labute approximate surface area is 198 Å². The molecule has 2 aromatic rings. The van der Waals surface area contributed by atoms with Crippen molar-refractivity contribution in [3.05, 3.63) is 69.2 Å². The SMILES string of the molecule is O=C1NC(=O)N(C2CCCC2)C(=O)/C1=C/c1cc(Br)ccc1OCc1ccc(C(=O)O)cc1. The highest BCUT2D eigenvalue weighted by atomic mass is 79.9. The highest BCUT2D eigenvalue weighted by Gasteiger charge is 2.40. The summed E-state index contributed by atoms with van der Waals surface area (Å²) in [5.41, 5.74) is 1.29. The number of halogens is 1. The maximum atomic E-state index is 13.1. The second-order valence-electron chi connectivity index (χ2n) is 7.90. The molecule has 4 amide bonds. The lowest BCUT2D eigenvalue weighted by atomic mass is 10.0. The molecule has 2 N–H and O–H groups in total. The van der Waals surface area contributed by atoms with Crippen LogP contribution in [0.25, 0.3) is 6.08 Å². The number of hydrogen-bond donors (Lipinski definition) is 2. The van der Waals surface area contributed by atoms with E-state index in [4.69, 9.17) is 9.84 Å². The Kier molecular flexibility index (Phi) is 6.60. The standard InChI is InChI=1S/C24H21BrN2O6/c25-17-9-10-20(33-13-14-5-7-15(8-6-14)23(30)31)16(11-17)12-19-21(28)26-24(32)27(22(19)29)18-3-1-2-4-18/h5-12,18H,1-4,13H2,(H,30,31)(H,26,28,32)/b19-12+. The van der Waals surface area contributed by atoms with Crippen LogP contribution in [0.5, 0.6) is 5.75 Å². The fraction of sp³-hybridized carbons (Fsp3) is 0.250. The van der Waals surface area contributed by atoms with E-state index in [1.54, 1.807) is 30.3 Å². The summed E-state index contributed by atoms with van der Waals surface area (Å²) in [6, 6.07) is 10.6. The molecule has 170 valence electrons. The lowest BCUT2D eigenvalue weighted by Gasteiger charge is -2.31. The number of rotatable bonds is 6. The van der Waals surface area contributed by atoms with Gasteiger partial charge in [-0.25, -0.2) is 9.59 Å². The van der Waals surface area contributed by atoms with Crippen molar-refractivity contribution < 1.29 is 29.0 Å². The molecule has 0 bridgehead atoms. The van der Waals surface area contributed by atoms with E-state index in [2.05, 4.69) is 21.2 Å². The Hall–Kier alpha value is -3.46. The number of carbonyl (C=O) groups excluding carboxylic acids is 3. The summed E-state index contributed by atoms with van der Waals surface area (Å²) in [4.78, 5) is 50.1. The van der Waals surface area contributed by atoms with Gasteiger partial charge in [0.25, 0.3) is 11.8 Å². The third kappa shape index (κ3) is 4.98. The van der Waals surface area contributed by atoms with Gasteiger partial charge in [0.2, 0.25) is 0 Å². The number of carboxylic acids is 1. The fourth-order valence-electron chi connectivity index (χ4n) is 3.99. The van der Waals surface area contributed by atoms with E-state index in [-0.39, 0.29) is 23.8 Å². The van der Waals surface area contributed by atoms with Gasteiger partial charge in [-0.1, -0.05) is 40.9 Å². The molecule has 0 radical (unpaired) electrons. The van der Waals surface area contributed by atoms with Crippen LogP contribution in [-0.4, -0.2) is 39.9 Å². The zero-order valence-electron chi connectivity index (χ0n) is 17.5. The molecule has 8 nitrogen and oxygen atoms in total. The molecule has 2 aromatic carbocycles. The first-order valence-electron chi connectivity index (χ1n) is 10.5. The molecule has 4 rings (SSSR count). The van der Waals surface area contributed by atoms with Crippen molar-refractivity contribution in [3.8, 4) is 5.75 Å². The first-order chi connectivity index (χ1) is 15.8. The van der Waals surface area contributed by atoms with Gasteiger partial charge in [0.15, 0.2) is 0 Å². The highest BCUT2D eigenvalue weighted by molar-refractivity contribution is 9.10. The Morgan fingerprint density at radius 2 is 1.82 bits per heavy atom. The predicted molar refractivity (Wildman–Crippen MR) is 122 cm³/mol. The van der Waals surface area contributed by atoms with Crippen LogP contribution in [0.2, 0.25) is 0 Å². The van der Waals surface area contributed by atoms with Crippen LogP contribution in [0.15, 0.2) is 52.5 Å². The number of carboxylic acid groups (broad SMARTS) is 1. The van der Waals surface area contributed by atoms with Crippen LogP contribution in [-0.2, 0) is 16.2 Å². The van der Waals surface area contributed by atoms with Crippen LogP contribution >= 0.6 is 15.9 Å². The Bertz CT molecular complexity index is 1150. The smallest absolute Gasteiger partial charge is 0.335 e. The molecule has 1 aliphatic carbocycles.